The summed E-state index contributed by atoms with van der Waals surface area (Å²) in [4.78, 5) is 15.7. The maximum Gasteiger partial charge on any atom is 0.258 e. The Morgan fingerprint density at radius 3 is 2.18 bits per heavy atom. The summed E-state index contributed by atoms with van der Waals surface area (Å²) in [6.07, 6.45) is 1.80. The maximum atomic E-state index is 14.0. The standard InChI is InChI=1S/C24H28F3N5O/c1-7-15-11-16-22(29-31(6)23(16)14-9-17(25)21(27)18(26)10-14)19(8-2)32(15)24(33)20-12(3)28-30(5)13(20)4/h9-10,15,19H,7-8,11H2,1-6H3. The number of hydrogen-bond donors (Lipinski definition) is 0. The highest BCUT2D eigenvalue weighted by Gasteiger charge is 2.41. The third kappa shape index (κ3) is 3.54. The molecule has 2 atom stereocenters. The molecule has 0 N–H and O–H groups in total. The molecular weight excluding hydrogens is 431 g/mol. The molecule has 0 aliphatic carbocycles. The van der Waals surface area contributed by atoms with Crippen LogP contribution in [0.5, 0.6) is 0 Å². The predicted molar refractivity (Wildman–Crippen MR) is 118 cm³/mol. The summed E-state index contributed by atoms with van der Waals surface area (Å²) in [5.74, 6) is -4.07. The number of amides is 1. The second-order valence-electron chi connectivity index (χ2n) is 8.66. The fourth-order valence-corrected chi connectivity index (χ4v) is 5.08. The van der Waals surface area contributed by atoms with Gasteiger partial charge in [0.2, 0.25) is 0 Å². The van der Waals surface area contributed by atoms with Crippen molar-refractivity contribution in [1.29, 1.82) is 0 Å². The van der Waals surface area contributed by atoms with E-state index in [4.69, 9.17) is 0 Å². The molecule has 0 saturated heterocycles. The lowest BCUT2D eigenvalue weighted by atomic mass is 9.87. The molecule has 3 aromatic rings. The van der Waals surface area contributed by atoms with Crippen LogP contribution in [0, 0.1) is 31.3 Å². The highest BCUT2D eigenvalue weighted by Crippen LogP contribution is 2.41. The predicted octanol–water partition coefficient (Wildman–Crippen LogP) is 4.78. The Balaban J connectivity index is 1.86. The van der Waals surface area contributed by atoms with E-state index in [1.165, 1.54) is 0 Å². The van der Waals surface area contributed by atoms with Gasteiger partial charge in [0.1, 0.15) is 0 Å². The van der Waals surface area contributed by atoms with Gasteiger partial charge >= 0.3 is 0 Å². The molecule has 0 spiro atoms. The van der Waals surface area contributed by atoms with Crippen LogP contribution in [0.15, 0.2) is 12.1 Å². The quantitative estimate of drug-likeness (QED) is 0.528. The summed E-state index contributed by atoms with van der Waals surface area (Å²) < 4.78 is 44.9. The van der Waals surface area contributed by atoms with Crippen molar-refractivity contribution in [3.05, 3.63) is 57.8 Å². The zero-order chi connectivity index (χ0) is 24.2. The van der Waals surface area contributed by atoms with Gasteiger partial charge in [0.15, 0.2) is 17.5 Å². The van der Waals surface area contributed by atoms with Crippen LogP contribution in [0.3, 0.4) is 0 Å². The van der Waals surface area contributed by atoms with Crippen molar-refractivity contribution in [3.63, 3.8) is 0 Å². The number of nitrogens with zero attached hydrogens (tertiary/aromatic N) is 5. The topological polar surface area (TPSA) is 56.0 Å². The third-order valence-electron chi connectivity index (χ3n) is 6.73. The molecule has 4 rings (SSSR count). The molecule has 0 fully saturated rings. The molecule has 0 saturated carbocycles. The van der Waals surface area contributed by atoms with Gasteiger partial charge in [-0.15, -0.1) is 0 Å². The van der Waals surface area contributed by atoms with Crippen LogP contribution in [0.2, 0.25) is 0 Å². The van der Waals surface area contributed by atoms with Gasteiger partial charge in [0, 0.05) is 37.0 Å². The first-order chi connectivity index (χ1) is 15.6. The van der Waals surface area contributed by atoms with Crippen LogP contribution in [0.1, 0.15) is 65.7 Å². The van der Waals surface area contributed by atoms with Crippen molar-refractivity contribution < 1.29 is 18.0 Å². The number of hydrogen-bond acceptors (Lipinski definition) is 3. The molecule has 3 heterocycles. The fraction of sp³-hybridized carbons (Fsp3) is 0.458. The zero-order valence-corrected chi connectivity index (χ0v) is 19.7. The molecule has 9 heteroatoms. The first-order valence-corrected chi connectivity index (χ1v) is 11.1. The van der Waals surface area contributed by atoms with E-state index < -0.39 is 17.5 Å². The average molecular weight is 460 g/mol. The van der Waals surface area contributed by atoms with Gasteiger partial charge in [-0.25, -0.2) is 13.2 Å². The van der Waals surface area contributed by atoms with Crippen molar-refractivity contribution in [1.82, 2.24) is 24.5 Å². The van der Waals surface area contributed by atoms with E-state index in [-0.39, 0.29) is 23.6 Å². The molecule has 1 aliphatic rings. The summed E-state index contributed by atoms with van der Waals surface area (Å²) in [5.41, 5.74) is 4.38. The van der Waals surface area contributed by atoms with Gasteiger partial charge in [-0.3, -0.25) is 14.2 Å². The molecule has 33 heavy (non-hydrogen) atoms. The molecule has 2 aromatic heterocycles. The van der Waals surface area contributed by atoms with Gasteiger partial charge in [-0.2, -0.15) is 10.2 Å². The van der Waals surface area contributed by atoms with E-state index in [0.717, 1.165) is 23.4 Å². The van der Waals surface area contributed by atoms with Crippen LogP contribution >= 0.6 is 0 Å². The van der Waals surface area contributed by atoms with Gasteiger partial charge in [-0.1, -0.05) is 13.8 Å². The number of aryl methyl sites for hydroxylation is 3. The summed E-state index contributed by atoms with van der Waals surface area (Å²) in [6, 6.07) is 1.56. The Bertz CT molecular complexity index is 1220. The smallest absolute Gasteiger partial charge is 0.258 e. The molecule has 2 unspecified atom stereocenters. The van der Waals surface area contributed by atoms with E-state index in [1.807, 2.05) is 39.6 Å². The molecule has 1 amide bonds. The minimum atomic E-state index is -1.49. The van der Waals surface area contributed by atoms with Crippen LogP contribution in [-0.4, -0.2) is 36.4 Å². The Hall–Kier alpha value is -3.10. The fourth-order valence-electron chi connectivity index (χ4n) is 5.08. The number of aromatic nitrogens is 4. The van der Waals surface area contributed by atoms with Gasteiger partial charge in [0.05, 0.1) is 28.7 Å². The van der Waals surface area contributed by atoms with Crippen LogP contribution in [0.4, 0.5) is 13.2 Å². The Morgan fingerprint density at radius 2 is 1.67 bits per heavy atom. The molecule has 6 nitrogen and oxygen atoms in total. The molecule has 1 aliphatic heterocycles. The van der Waals surface area contributed by atoms with Gasteiger partial charge in [0.25, 0.3) is 5.91 Å². The molecular formula is C24H28F3N5O. The van der Waals surface area contributed by atoms with Crippen molar-refractivity contribution >= 4 is 5.91 Å². The van der Waals surface area contributed by atoms with Crippen molar-refractivity contribution in [2.45, 2.75) is 59.0 Å². The molecule has 1 aromatic carbocycles. The van der Waals surface area contributed by atoms with Crippen LogP contribution in [-0.2, 0) is 20.5 Å². The number of halogens is 3. The lowest BCUT2D eigenvalue weighted by Gasteiger charge is -2.41. The number of carbonyl (C=O) groups excluding carboxylic acids is 1. The highest BCUT2D eigenvalue weighted by molar-refractivity contribution is 5.97. The molecule has 0 radical (unpaired) electrons. The van der Waals surface area contributed by atoms with E-state index in [1.54, 1.807) is 16.4 Å². The Morgan fingerprint density at radius 1 is 1.03 bits per heavy atom. The second-order valence-corrected chi connectivity index (χ2v) is 8.66. The lowest BCUT2D eigenvalue weighted by Crippen LogP contribution is -2.47. The average Bonchev–Trinajstić information content (AvgIpc) is 3.23. The highest BCUT2D eigenvalue weighted by atomic mass is 19.2. The minimum Gasteiger partial charge on any atom is -0.327 e. The number of benzene rings is 1. The van der Waals surface area contributed by atoms with Crippen molar-refractivity contribution in [2.24, 2.45) is 14.1 Å². The normalized spacial score (nSPS) is 18.0. The van der Waals surface area contributed by atoms with E-state index >= 15 is 0 Å². The number of fused-ring (bicyclic) bond motifs is 1. The summed E-state index contributed by atoms with van der Waals surface area (Å²) >= 11 is 0. The monoisotopic (exact) mass is 459 g/mol. The van der Waals surface area contributed by atoms with E-state index in [9.17, 15) is 18.0 Å². The summed E-state index contributed by atoms with van der Waals surface area (Å²) in [7, 11) is 3.51. The molecule has 0 bridgehead atoms. The summed E-state index contributed by atoms with van der Waals surface area (Å²) in [6.45, 7) is 7.70. The van der Waals surface area contributed by atoms with Crippen molar-refractivity contribution in [3.8, 4) is 11.3 Å². The van der Waals surface area contributed by atoms with Gasteiger partial charge in [-0.05, 0) is 45.2 Å². The molecule has 176 valence electrons. The zero-order valence-electron chi connectivity index (χ0n) is 19.7. The van der Waals surface area contributed by atoms with Gasteiger partial charge < -0.3 is 4.90 Å². The number of carbonyl (C=O) groups is 1. The largest absolute Gasteiger partial charge is 0.327 e. The first-order valence-electron chi connectivity index (χ1n) is 11.1. The maximum absolute atomic E-state index is 14.0. The first kappa shape index (κ1) is 23.1. The third-order valence-corrected chi connectivity index (χ3v) is 6.73. The number of rotatable bonds is 4. The van der Waals surface area contributed by atoms with E-state index in [2.05, 4.69) is 10.2 Å². The van der Waals surface area contributed by atoms with E-state index in [0.29, 0.717) is 41.9 Å². The second kappa shape index (κ2) is 8.35. The summed E-state index contributed by atoms with van der Waals surface area (Å²) in [5, 5.41) is 9.07. The Kier molecular flexibility index (Phi) is 5.84. The van der Waals surface area contributed by atoms with Crippen LogP contribution in [0.25, 0.3) is 11.3 Å². The van der Waals surface area contributed by atoms with Crippen molar-refractivity contribution in [2.75, 3.05) is 0 Å². The minimum absolute atomic E-state index is 0.0893. The Labute approximate surface area is 191 Å². The lowest BCUT2D eigenvalue weighted by molar-refractivity contribution is 0.0511. The van der Waals surface area contributed by atoms with Crippen LogP contribution < -0.4 is 0 Å². The SMILES string of the molecule is CCC1Cc2c(nn(C)c2-c2cc(F)c(F)c(F)c2)C(CC)N1C(=O)c1c(C)nn(C)c1C.